The lowest BCUT2D eigenvalue weighted by molar-refractivity contribution is 0.0935. The number of urea groups is 1. The average Bonchev–Trinajstić information content (AvgIpc) is 3.30. The Bertz CT molecular complexity index is 1020. The number of benzene rings is 1. The standard InChI is InChI=1S/C21H24ClN5O2/c1-20(11-21(12-20)5-6-21)24-19(29)26-7-8-27-15(10-26)16(18(23)28)17(25-27)13-3-2-4-14(22)9-13/h2-4,9H,5-8,10-12H2,1H3,(H2,23,28)(H,24,29). The molecule has 1 aliphatic heterocycles. The van der Waals surface area contributed by atoms with Crippen LogP contribution in [0.2, 0.25) is 5.02 Å². The highest BCUT2D eigenvalue weighted by Crippen LogP contribution is 2.64. The van der Waals surface area contributed by atoms with Gasteiger partial charge in [-0.2, -0.15) is 5.10 Å². The summed E-state index contributed by atoms with van der Waals surface area (Å²) in [6, 6.07) is 7.10. The first kappa shape index (κ1) is 18.5. The third-order valence-corrected chi connectivity index (χ3v) is 6.74. The lowest BCUT2D eigenvalue weighted by Crippen LogP contribution is -2.59. The van der Waals surface area contributed by atoms with Gasteiger partial charge in [0.25, 0.3) is 5.91 Å². The van der Waals surface area contributed by atoms with Crippen LogP contribution in [-0.2, 0) is 13.1 Å². The van der Waals surface area contributed by atoms with Gasteiger partial charge in [-0.1, -0.05) is 23.7 Å². The van der Waals surface area contributed by atoms with E-state index in [0.29, 0.717) is 47.0 Å². The predicted molar refractivity (Wildman–Crippen MR) is 109 cm³/mol. The molecule has 2 aromatic rings. The Labute approximate surface area is 174 Å². The number of nitrogens with zero attached hydrogens (tertiary/aromatic N) is 3. The molecule has 0 radical (unpaired) electrons. The fourth-order valence-corrected chi connectivity index (χ4v) is 5.34. The Morgan fingerprint density at radius 1 is 1.24 bits per heavy atom. The highest BCUT2D eigenvalue weighted by molar-refractivity contribution is 6.30. The number of fused-ring (bicyclic) bond motifs is 1. The van der Waals surface area contributed by atoms with Gasteiger partial charge in [-0.05, 0) is 50.2 Å². The van der Waals surface area contributed by atoms with E-state index < -0.39 is 5.91 Å². The zero-order chi connectivity index (χ0) is 20.4. The molecular weight excluding hydrogens is 390 g/mol. The zero-order valence-corrected chi connectivity index (χ0v) is 17.1. The van der Waals surface area contributed by atoms with Crippen molar-refractivity contribution in [1.29, 1.82) is 0 Å². The number of nitrogens with one attached hydrogen (secondary N) is 1. The summed E-state index contributed by atoms with van der Waals surface area (Å²) >= 11 is 6.11. The minimum absolute atomic E-state index is 0.0878. The lowest BCUT2D eigenvalue weighted by Gasteiger charge is -2.47. The maximum Gasteiger partial charge on any atom is 0.318 e. The van der Waals surface area contributed by atoms with Gasteiger partial charge in [-0.15, -0.1) is 0 Å². The number of carbonyl (C=O) groups is 2. The SMILES string of the molecule is CC1(NC(=O)N2CCn3nc(-c4cccc(Cl)c4)c(C(N)=O)c3C2)CC2(CC2)C1. The summed E-state index contributed by atoms with van der Waals surface area (Å²) in [6.07, 6.45) is 4.69. The molecule has 2 aliphatic carbocycles. The molecule has 0 unspecified atom stereocenters. The lowest BCUT2D eigenvalue weighted by atomic mass is 9.67. The number of primary amides is 1. The molecule has 2 fully saturated rings. The molecule has 3 aliphatic rings. The molecule has 3 N–H and O–H groups in total. The van der Waals surface area contributed by atoms with Crippen LogP contribution in [0.4, 0.5) is 4.79 Å². The number of rotatable bonds is 3. The molecular formula is C21H24ClN5O2. The first-order chi connectivity index (χ1) is 13.8. The first-order valence-corrected chi connectivity index (χ1v) is 10.4. The van der Waals surface area contributed by atoms with E-state index in [2.05, 4.69) is 17.3 Å². The molecule has 8 heteroatoms. The number of nitrogens with two attached hydrogens (primary N) is 1. The van der Waals surface area contributed by atoms with Gasteiger partial charge in [-0.25, -0.2) is 4.79 Å². The summed E-state index contributed by atoms with van der Waals surface area (Å²) in [7, 11) is 0. The highest BCUT2D eigenvalue weighted by Gasteiger charge is 2.59. The van der Waals surface area contributed by atoms with Gasteiger partial charge in [0.15, 0.2) is 0 Å². The molecule has 2 saturated carbocycles. The van der Waals surface area contributed by atoms with Gasteiger partial charge in [0.2, 0.25) is 0 Å². The predicted octanol–water partition coefficient (Wildman–Crippen LogP) is 3.16. The number of aromatic nitrogens is 2. The van der Waals surface area contributed by atoms with Crippen LogP contribution in [-0.4, -0.2) is 38.7 Å². The molecule has 0 saturated heterocycles. The van der Waals surface area contributed by atoms with Gasteiger partial charge in [0, 0.05) is 22.7 Å². The van der Waals surface area contributed by atoms with E-state index in [-0.39, 0.29) is 11.6 Å². The minimum Gasteiger partial charge on any atom is -0.365 e. The summed E-state index contributed by atoms with van der Waals surface area (Å²) in [4.78, 5) is 26.9. The monoisotopic (exact) mass is 413 g/mol. The highest BCUT2D eigenvalue weighted by atomic mass is 35.5. The van der Waals surface area contributed by atoms with Gasteiger partial charge in [-0.3, -0.25) is 9.48 Å². The maximum absolute atomic E-state index is 12.9. The topological polar surface area (TPSA) is 93.2 Å². The smallest absolute Gasteiger partial charge is 0.318 e. The van der Waals surface area contributed by atoms with E-state index in [1.54, 1.807) is 21.7 Å². The molecule has 3 amide bonds. The van der Waals surface area contributed by atoms with E-state index in [0.717, 1.165) is 18.4 Å². The minimum atomic E-state index is -0.551. The summed E-state index contributed by atoms with van der Waals surface area (Å²) in [6.45, 7) is 3.48. The Morgan fingerprint density at radius 2 is 2.00 bits per heavy atom. The summed E-state index contributed by atoms with van der Waals surface area (Å²) in [5.41, 5.74) is 8.37. The molecule has 5 rings (SSSR count). The van der Waals surface area contributed by atoms with Crippen molar-refractivity contribution in [2.75, 3.05) is 6.54 Å². The second-order valence-electron chi connectivity index (χ2n) is 9.03. The zero-order valence-electron chi connectivity index (χ0n) is 16.4. The van der Waals surface area contributed by atoms with E-state index in [1.807, 2.05) is 12.1 Å². The summed E-state index contributed by atoms with van der Waals surface area (Å²) in [5.74, 6) is -0.551. The van der Waals surface area contributed by atoms with Crippen molar-refractivity contribution in [3.8, 4) is 11.3 Å². The van der Waals surface area contributed by atoms with Crippen molar-refractivity contribution in [3.63, 3.8) is 0 Å². The molecule has 0 bridgehead atoms. The van der Waals surface area contributed by atoms with Crippen molar-refractivity contribution >= 4 is 23.5 Å². The largest absolute Gasteiger partial charge is 0.365 e. The van der Waals surface area contributed by atoms with Crippen molar-refractivity contribution < 1.29 is 9.59 Å². The molecule has 1 aromatic carbocycles. The average molecular weight is 414 g/mol. The van der Waals surface area contributed by atoms with E-state index in [4.69, 9.17) is 17.3 Å². The van der Waals surface area contributed by atoms with Crippen molar-refractivity contribution in [2.24, 2.45) is 11.1 Å². The molecule has 2 heterocycles. The van der Waals surface area contributed by atoms with Crippen LogP contribution >= 0.6 is 11.6 Å². The van der Waals surface area contributed by atoms with E-state index in [1.165, 1.54) is 12.8 Å². The number of amides is 3. The second kappa shape index (κ2) is 6.23. The van der Waals surface area contributed by atoms with Gasteiger partial charge < -0.3 is 16.0 Å². The van der Waals surface area contributed by atoms with Crippen molar-refractivity contribution in [2.45, 2.75) is 51.2 Å². The summed E-state index contributed by atoms with van der Waals surface area (Å²) in [5, 5.41) is 8.37. The quantitative estimate of drug-likeness (QED) is 0.809. The van der Waals surface area contributed by atoms with Crippen LogP contribution in [0.3, 0.4) is 0 Å². The van der Waals surface area contributed by atoms with Crippen LogP contribution < -0.4 is 11.1 Å². The maximum atomic E-state index is 12.9. The third kappa shape index (κ3) is 3.17. The van der Waals surface area contributed by atoms with Gasteiger partial charge in [0.05, 0.1) is 24.3 Å². The van der Waals surface area contributed by atoms with Gasteiger partial charge >= 0.3 is 6.03 Å². The van der Waals surface area contributed by atoms with E-state index in [9.17, 15) is 9.59 Å². The van der Waals surface area contributed by atoms with E-state index >= 15 is 0 Å². The van der Waals surface area contributed by atoms with Crippen LogP contribution in [0.15, 0.2) is 24.3 Å². The van der Waals surface area contributed by atoms with Crippen LogP contribution in [0.25, 0.3) is 11.3 Å². The number of hydrogen-bond acceptors (Lipinski definition) is 3. The Balaban J connectivity index is 1.39. The number of carbonyl (C=O) groups excluding carboxylic acids is 2. The fourth-order valence-electron chi connectivity index (χ4n) is 5.15. The van der Waals surface area contributed by atoms with Crippen LogP contribution in [0.1, 0.15) is 48.7 Å². The van der Waals surface area contributed by atoms with Crippen LogP contribution in [0, 0.1) is 5.41 Å². The Hall–Kier alpha value is -2.54. The summed E-state index contributed by atoms with van der Waals surface area (Å²) < 4.78 is 1.78. The van der Waals surface area contributed by atoms with Crippen molar-refractivity contribution in [1.82, 2.24) is 20.0 Å². The van der Waals surface area contributed by atoms with Gasteiger partial charge in [0.1, 0.15) is 5.69 Å². The fraction of sp³-hybridized carbons (Fsp3) is 0.476. The Morgan fingerprint density at radius 3 is 2.66 bits per heavy atom. The molecule has 152 valence electrons. The number of halogens is 1. The molecule has 29 heavy (non-hydrogen) atoms. The molecule has 1 aromatic heterocycles. The Kier molecular flexibility index (Phi) is 3.97. The molecule has 0 atom stereocenters. The second-order valence-corrected chi connectivity index (χ2v) is 9.47. The molecule has 1 spiro atoms. The van der Waals surface area contributed by atoms with Crippen molar-refractivity contribution in [3.05, 3.63) is 40.5 Å². The normalized spacial score (nSPS) is 20.7. The van der Waals surface area contributed by atoms with Crippen LogP contribution in [0.5, 0.6) is 0 Å². The molecule has 7 nitrogen and oxygen atoms in total. The third-order valence-electron chi connectivity index (χ3n) is 6.51. The number of hydrogen-bond donors (Lipinski definition) is 2. The first-order valence-electron chi connectivity index (χ1n) is 10.0.